The highest BCUT2D eigenvalue weighted by Gasteiger charge is 2.46. The first-order chi connectivity index (χ1) is 15.4. The van der Waals surface area contributed by atoms with Crippen LogP contribution >= 0.6 is 11.6 Å². The summed E-state index contributed by atoms with van der Waals surface area (Å²) < 4.78 is 37.2. The average molecular weight is 479 g/mol. The van der Waals surface area contributed by atoms with E-state index in [4.69, 9.17) is 21.1 Å². The molecule has 1 saturated heterocycles. The molecule has 1 atom stereocenters. The van der Waals surface area contributed by atoms with E-state index in [1.54, 1.807) is 51.1 Å². The Morgan fingerprint density at radius 3 is 2.45 bits per heavy atom. The van der Waals surface area contributed by atoms with Crippen molar-refractivity contribution in [1.82, 2.24) is 10.2 Å². The van der Waals surface area contributed by atoms with Crippen LogP contribution in [0.4, 0.5) is 13.6 Å². The molecule has 2 aliphatic rings. The van der Waals surface area contributed by atoms with Crippen LogP contribution in [0.5, 0.6) is 5.75 Å². The lowest BCUT2D eigenvalue weighted by Gasteiger charge is -2.38. The van der Waals surface area contributed by atoms with Gasteiger partial charge in [0, 0.05) is 17.5 Å². The quantitative estimate of drug-likeness (QED) is 0.677. The maximum Gasteiger partial charge on any atom is 0.407 e. The van der Waals surface area contributed by atoms with Gasteiger partial charge in [-0.1, -0.05) is 23.7 Å². The number of hydrogen-bond acceptors (Lipinski definition) is 4. The number of carbonyl (C=O) groups excluding carboxylic acids is 2. The molecule has 1 N–H and O–H groups in total. The largest absolute Gasteiger partial charge is 0.486 e. The van der Waals surface area contributed by atoms with E-state index in [-0.39, 0.29) is 12.6 Å². The topological polar surface area (TPSA) is 67.9 Å². The summed E-state index contributed by atoms with van der Waals surface area (Å²) in [4.78, 5) is 25.3. The number of nitrogens with one attached hydrogen (secondary N) is 1. The molecule has 2 amide bonds. The lowest BCUT2D eigenvalue weighted by molar-refractivity contribution is -0.113. The molecule has 0 spiro atoms. The SMILES string of the molecule is CC(C)(C)OC(=O)NCC1Cc2cc(-c3ccc(C(=O)N4CC(F)(F)C4)cc3)cc(Cl)c2O1. The number of alkyl carbamates (subject to hydrolysis) is 1. The summed E-state index contributed by atoms with van der Waals surface area (Å²) in [6.07, 6.45) is -0.210. The number of fused-ring (bicyclic) bond motifs is 1. The van der Waals surface area contributed by atoms with Crippen LogP contribution in [-0.4, -0.2) is 54.2 Å². The minimum absolute atomic E-state index is 0.269. The van der Waals surface area contributed by atoms with Gasteiger partial charge < -0.3 is 19.7 Å². The van der Waals surface area contributed by atoms with E-state index < -0.39 is 36.6 Å². The molecule has 2 aliphatic heterocycles. The third-order valence-corrected chi connectivity index (χ3v) is 5.60. The molecule has 0 aromatic heterocycles. The first-order valence-electron chi connectivity index (χ1n) is 10.6. The number of ether oxygens (including phenoxy) is 2. The van der Waals surface area contributed by atoms with E-state index in [9.17, 15) is 18.4 Å². The highest BCUT2D eigenvalue weighted by Crippen LogP contribution is 2.39. The third kappa shape index (κ3) is 5.38. The average Bonchev–Trinajstić information content (AvgIpc) is 3.12. The fourth-order valence-electron chi connectivity index (χ4n) is 3.82. The molecule has 2 aromatic rings. The molecule has 4 rings (SSSR count). The maximum absolute atomic E-state index is 13.0. The standard InChI is InChI=1S/C24H25ClF2N2O4/c1-23(2,3)33-22(31)28-11-18-9-17-8-16(10-19(25)20(17)32-18)14-4-6-15(7-5-14)21(30)29-12-24(26,27)13-29/h4-8,10,18H,9,11-13H2,1-3H3,(H,28,31). The van der Waals surface area contributed by atoms with Crippen molar-refractivity contribution < 1.29 is 27.8 Å². The molecular formula is C24H25ClF2N2O4. The van der Waals surface area contributed by atoms with Gasteiger partial charge in [0.2, 0.25) is 0 Å². The number of nitrogens with zero attached hydrogens (tertiary/aromatic N) is 1. The van der Waals surface area contributed by atoms with E-state index in [0.29, 0.717) is 22.8 Å². The Kier molecular flexibility index (Phi) is 5.99. The Morgan fingerprint density at radius 2 is 1.85 bits per heavy atom. The van der Waals surface area contributed by atoms with Crippen molar-refractivity contribution in [2.45, 2.75) is 44.8 Å². The van der Waals surface area contributed by atoms with Crippen LogP contribution in [0.2, 0.25) is 5.02 Å². The molecule has 0 bridgehead atoms. The number of halogens is 3. The van der Waals surface area contributed by atoms with Crippen LogP contribution in [0.3, 0.4) is 0 Å². The normalized spacial score (nSPS) is 18.7. The van der Waals surface area contributed by atoms with Crippen LogP contribution in [0.15, 0.2) is 36.4 Å². The van der Waals surface area contributed by atoms with Gasteiger partial charge in [-0.2, -0.15) is 0 Å². The Morgan fingerprint density at radius 1 is 1.18 bits per heavy atom. The van der Waals surface area contributed by atoms with Crippen LogP contribution in [-0.2, 0) is 11.2 Å². The fourth-order valence-corrected chi connectivity index (χ4v) is 4.11. The van der Waals surface area contributed by atoms with Gasteiger partial charge in [0.25, 0.3) is 11.8 Å². The summed E-state index contributed by atoms with van der Waals surface area (Å²) >= 11 is 6.45. The summed E-state index contributed by atoms with van der Waals surface area (Å²) in [5.74, 6) is -2.62. The number of likely N-dealkylation sites (tertiary alicyclic amines) is 1. The van der Waals surface area contributed by atoms with Gasteiger partial charge in [0.15, 0.2) is 0 Å². The second-order valence-electron chi connectivity index (χ2n) is 9.37. The molecule has 6 nitrogen and oxygen atoms in total. The van der Waals surface area contributed by atoms with Crippen molar-refractivity contribution in [3.8, 4) is 16.9 Å². The summed E-state index contributed by atoms with van der Waals surface area (Å²) in [6.45, 7) is 4.57. The van der Waals surface area contributed by atoms with Crippen molar-refractivity contribution in [1.29, 1.82) is 0 Å². The molecule has 2 heterocycles. The molecular weight excluding hydrogens is 454 g/mol. The Labute approximate surface area is 195 Å². The predicted octanol–water partition coefficient (Wildman–Crippen LogP) is 4.93. The highest BCUT2D eigenvalue weighted by molar-refractivity contribution is 6.32. The van der Waals surface area contributed by atoms with E-state index >= 15 is 0 Å². The van der Waals surface area contributed by atoms with Crippen molar-refractivity contribution in [3.63, 3.8) is 0 Å². The minimum atomic E-state index is -2.79. The summed E-state index contributed by atoms with van der Waals surface area (Å²) in [7, 11) is 0. The van der Waals surface area contributed by atoms with Gasteiger partial charge in [0.1, 0.15) is 17.5 Å². The molecule has 33 heavy (non-hydrogen) atoms. The number of rotatable bonds is 4. The molecule has 0 radical (unpaired) electrons. The molecule has 176 valence electrons. The predicted molar refractivity (Wildman–Crippen MR) is 120 cm³/mol. The van der Waals surface area contributed by atoms with E-state index in [2.05, 4.69) is 5.32 Å². The second kappa shape index (κ2) is 8.48. The van der Waals surface area contributed by atoms with Gasteiger partial charge in [-0.05, 0) is 56.2 Å². The zero-order chi connectivity index (χ0) is 24.0. The Bertz CT molecular complexity index is 1080. The number of benzene rings is 2. The van der Waals surface area contributed by atoms with Gasteiger partial charge in [-0.25, -0.2) is 13.6 Å². The number of alkyl halides is 2. The van der Waals surface area contributed by atoms with E-state index in [1.807, 2.05) is 6.07 Å². The first kappa shape index (κ1) is 23.3. The van der Waals surface area contributed by atoms with Crippen molar-refractivity contribution in [3.05, 3.63) is 52.5 Å². The molecule has 0 aliphatic carbocycles. The number of hydrogen-bond donors (Lipinski definition) is 1. The summed E-state index contributed by atoms with van der Waals surface area (Å²) in [5, 5.41) is 3.16. The number of amides is 2. The third-order valence-electron chi connectivity index (χ3n) is 5.32. The van der Waals surface area contributed by atoms with Gasteiger partial charge >= 0.3 is 6.09 Å². The zero-order valence-corrected chi connectivity index (χ0v) is 19.3. The van der Waals surface area contributed by atoms with Crippen LogP contribution in [0.25, 0.3) is 11.1 Å². The monoisotopic (exact) mass is 478 g/mol. The van der Waals surface area contributed by atoms with Gasteiger partial charge in [-0.3, -0.25) is 4.79 Å². The molecule has 9 heteroatoms. The van der Waals surface area contributed by atoms with Gasteiger partial charge in [-0.15, -0.1) is 0 Å². The molecule has 2 aromatic carbocycles. The summed E-state index contributed by atoms with van der Waals surface area (Å²) in [5.41, 5.74) is 2.37. The van der Waals surface area contributed by atoms with Gasteiger partial charge in [0.05, 0.1) is 24.7 Å². The van der Waals surface area contributed by atoms with Crippen molar-refractivity contribution in [2.24, 2.45) is 0 Å². The fraction of sp³-hybridized carbons (Fsp3) is 0.417. The molecule has 0 saturated carbocycles. The highest BCUT2D eigenvalue weighted by atomic mass is 35.5. The number of carbonyl (C=O) groups is 2. The lowest BCUT2D eigenvalue weighted by atomic mass is 9.99. The minimum Gasteiger partial charge on any atom is -0.486 e. The zero-order valence-electron chi connectivity index (χ0n) is 18.6. The van der Waals surface area contributed by atoms with Crippen LogP contribution < -0.4 is 10.1 Å². The van der Waals surface area contributed by atoms with Crippen LogP contribution in [0.1, 0.15) is 36.7 Å². The smallest absolute Gasteiger partial charge is 0.407 e. The van der Waals surface area contributed by atoms with Crippen molar-refractivity contribution >= 4 is 23.6 Å². The first-order valence-corrected chi connectivity index (χ1v) is 11.0. The Hall–Kier alpha value is -2.87. The van der Waals surface area contributed by atoms with E-state index in [0.717, 1.165) is 21.6 Å². The second-order valence-corrected chi connectivity index (χ2v) is 9.77. The van der Waals surface area contributed by atoms with E-state index in [1.165, 1.54) is 0 Å². The Balaban J connectivity index is 1.41. The molecule has 1 fully saturated rings. The lowest BCUT2D eigenvalue weighted by Crippen LogP contribution is -2.58. The van der Waals surface area contributed by atoms with Crippen molar-refractivity contribution in [2.75, 3.05) is 19.6 Å². The van der Waals surface area contributed by atoms with Crippen LogP contribution in [0, 0.1) is 0 Å². The summed E-state index contributed by atoms with van der Waals surface area (Å²) in [6, 6.07) is 10.5. The maximum atomic E-state index is 13.0. The molecule has 1 unspecified atom stereocenters.